The van der Waals surface area contributed by atoms with Gasteiger partial charge in [0.2, 0.25) is 0 Å². The van der Waals surface area contributed by atoms with Crippen LogP contribution in [-0.2, 0) is 4.79 Å². The van der Waals surface area contributed by atoms with Crippen molar-refractivity contribution < 1.29 is 13.6 Å². The van der Waals surface area contributed by atoms with Gasteiger partial charge in [-0.1, -0.05) is 13.2 Å². The number of amides is 1. The van der Waals surface area contributed by atoms with E-state index in [-0.39, 0.29) is 0 Å². The van der Waals surface area contributed by atoms with E-state index in [1.165, 1.54) is 0 Å². The SMILES string of the molecule is C=C/C(F)=C(\C(=C)F)C(N)=O. The fourth-order valence-corrected chi connectivity index (χ4v) is 0.483. The zero-order valence-corrected chi connectivity index (χ0v) is 5.73. The van der Waals surface area contributed by atoms with E-state index >= 15 is 0 Å². The Balaban J connectivity index is 5.04. The molecule has 11 heavy (non-hydrogen) atoms. The highest BCUT2D eigenvalue weighted by atomic mass is 19.1. The Morgan fingerprint density at radius 2 is 1.91 bits per heavy atom. The second-order valence-corrected chi connectivity index (χ2v) is 1.70. The van der Waals surface area contributed by atoms with Crippen LogP contribution in [0.25, 0.3) is 0 Å². The summed E-state index contributed by atoms with van der Waals surface area (Å²) in [4.78, 5) is 10.3. The van der Waals surface area contributed by atoms with E-state index in [1.54, 1.807) is 0 Å². The molecule has 0 spiro atoms. The molecule has 0 unspecified atom stereocenters. The van der Waals surface area contributed by atoms with Gasteiger partial charge in [0.25, 0.3) is 5.91 Å². The van der Waals surface area contributed by atoms with Crippen LogP contribution in [0.15, 0.2) is 36.5 Å². The summed E-state index contributed by atoms with van der Waals surface area (Å²) in [5, 5.41) is 0. The molecule has 0 aromatic rings. The largest absolute Gasteiger partial charge is 0.365 e. The Bertz CT molecular complexity index is 227. The zero-order valence-electron chi connectivity index (χ0n) is 5.73. The van der Waals surface area contributed by atoms with Gasteiger partial charge in [0, 0.05) is 0 Å². The van der Waals surface area contributed by atoms with Gasteiger partial charge in [0.05, 0.1) is 0 Å². The van der Waals surface area contributed by atoms with Gasteiger partial charge in [-0.25, -0.2) is 8.78 Å². The molecule has 0 rings (SSSR count). The Morgan fingerprint density at radius 1 is 1.45 bits per heavy atom. The van der Waals surface area contributed by atoms with Crippen LogP contribution in [0.1, 0.15) is 0 Å². The fourth-order valence-electron chi connectivity index (χ4n) is 0.483. The van der Waals surface area contributed by atoms with Crippen LogP contribution < -0.4 is 5.73 Å². The van der Waals surface area contributed by atoms with Gasteiger partial charge in [-0.05, 0) is 6.08 Å². The van der Waals surface area contributed by atoms with Gasteiger partial charge in [0.1, 0.15) is 17.2 Å². The van der Waals surface area contributed by atoms with Crippen LogP contribution >= 0.6 is 0 Å². The Morgan fingerprint density at radius 3 is 2.00 bits per heavy atom. The van der Waals surface area contributed by atoms with Crippen molar-refractivity contribution >= 4 is 5.91 Å². The van der Waals surface area contributed by atoms with Gasteiger partial charge in [-0.2, -0.15) is 0 Å². The predicted octanol–water partition coefficient (Wildman–Crippen LogP) is 1.36. The first-order chi connectivity index (χ1) is 5.00. The highest BCUT2D eigenvalue weighted by Gasteiger charge is 2.13. The molecular weight excluding hydrogens is 152 g/mol. The summed E-state index contributed by atoms with van der Waals surface area (Å²) in [5.41, 5.74) is 3.77. The van der Waals surface area contributed by atoms with E-state index in [4.69, 9.17) is 0 Å². The molecule has 0 aliphatic carbocycles. The normalized spacial score (nSPS) is 11.8. The molecule has 0 heterocycles. The van der Waals surface area contributed by atoms with Crippen LogP contribution in [0.3, 0.4) is 0 Å². The third-order valence-electron chi connectivity index (χ3n) is 0.936. The standard InChI is InChI=1S/C7H7F2NO/c1-3-5(9)6(4(2)8)7(10)11/h3H,1-2H2,(H2,10,11)/b6-5-. The molecule has 0 bridgehead atoms. The van der Waals surface area contributed by atoms with Crippen molar-refractivity contribution in [3.05, 3.63) is 36.5 Å². The van der Waals surface area contributed by atoms with E-state index in [9.17, 15) is 13.6 Å². The molecule has 0 aliphatic rings. The molecule has 2 nitrogen and oxygen atoms in total. The van der Waals surface area contributed by atoms with E-state index in [0.717, 1.165) is 0 Å². The third kappa shape index (κ3) is 2.33. The first-order valence-electron chi connectivity index (χ1n) is 2.67. The second kappa shape index (κ2) is 3.65. The number of primary amides is 1. The summed E-state index contributed by atoms with van der Waals surface area (Å²) < 4.78 is 24.7. The molecule has 0 aromatic carbocycles. The molecule has 0 radical (unpaired) electrons. The molecule has 0 fully saturated rings. The molecule has 4 heteroatoms. The number of carbonyl (C=O) groups is 1. The van der Waals surface area contributed by atoms with Crippen molar-refractivity contribution in [2.75, 3.05) is 0 Å². The minimum atomic E-state index is -1.20. The van der Waals surface area contributed by atoms with E-state index in [1.807, 2.05) is 0 Å². The molecular formula is C7H7F2NO. The number of allylic oxidation sites excluding steroid dienone is 2. The van der Waals surface area contributed by atoms with Crippen molar-refractivity contribution in [3.8, 4) is 0 Å². The third-order valence-corrected chi connectivity index (χ3v) is 0.936. The second-order valence-electron chi connectivity index (χ2n) is 1.70. The van der Waals surface area contributed by atoms with Gasteiger partial charge in [-0.3, -0.25) is 4.79 Å². The number of hydrogen-bond donors (Lipinski definition) is 1. The number of carbonyl (C=O) groups excluding carboxylic acids is 1. The summed E-state index contributed by atoms with van der Waals surface area (Å²) >= 11 is 0. The quantitative estimate of drug-likeness (QED) is 0.490. The van der Waals surface area contributed by atoms with Gasteiger partial charge >= 0.3 is 0 Å². The molecule has 2 N–H and O–H groups in total. The molecule has 0 saturated heterocycles. The molecule has 0 aliphatic heterocycles. The number of halogens is 2. The topological polar surface area (TPSA) is 43.1 Å². The maximum Gasteiger partial charge on any atom is 0.254 e. The van der Waals surface area contributed by atoms with Crippen molar-refractivity contribution in [1.29, 1.82) is 0 Å². The first kappa shape index (κ1) is 9.55. The minimum absolute atomic E-state index is 0.685. The summed E-state index contributed by atoms with van der Waals surface area (Å²) in [7, 11) is 0. The number of rotatable bonds is 3. The molecule has 1 amide bonds. The molecule has 0 saturated carbocycles. The highest BCUT2D eigenvalue weighted by Crippen LogP contribution is 2.15. The van der Waals surface area contributed by atoms with Crippen LogP contribution in [-0.4, -0.2) is 5.91 Å². The molecule has 0 atom stereocenters. The van der Waals surface area contributed by atoms with Gasteiger partial charge < -0.3 is 5.73 Å². The van der Waals surface area contributed by atoms with E-state index in [2.05, 4.69) is 18.9 Å². The Hall–Kier alpha value is -1.45. The summed E-state index contributed by atoms with van der Waals surface area (Å²) in [6, 6.07) is 0. The van der Waals surface area contributed by atoms with Crippen LogP contribution in [0.4, 0.5) is 8.78 Å². The van der Waals surface area contributed by atoms with Crippen molar-refractivity contribution in [2.45, 2.75) is 0 Å². The lowest BCUT2D eigenvalue weighted by Gasteiger charge is -1.97. The van der Waals surface area contributed by atoms with E-state index in [0.29, 0.717) is 6.08 Å². The average Bonchev–Trinajstić information content (AvgIpc) is 1.85. The lowest BCUT2D eigenvalue weighted by Crippen LogP contribution is -2.15. The first-order valence-corrected chi connectivity index (χ1v) is 2.67. The molecule has 60 valence electrons. The summed E-state index contributed by atoms with van der Waals surface area (Å²) in [6.45, 7) is 5.73. The smallest absolute Gasteiger partial charge is 0.254 e. The lowest BCUT2D eigenvalue weighted by atomic mass is 10.2. The lowest BCUT2D eigenvalue weighted by molar-refractivity contribution is -0.114. The maximum atomic E-state index is 12.5. The highest BCUT2D eigenvalue weighted by molar-refractivity contribution is 5.96. The maximum absolute atomic E-state index is 12.5. The molecule has 0 aromatic heterocycles. The van der Waals surface area contributed by atoms with Crippen molar-refractivity contribution in [3.63, 3.8) is 0 Å². The number of nitrogens with two attached hydrogens (primary N) is 1. The van der Waals surface area contributed by atoms with Gasteiger partial charge in [-0.15, -0.1) is 0 Å². The van der Waals surface area contributed by atoms with Crippen molar-refractivity contribution in [1.82, 2.24) is 0 Å². The Kier molecular flexibility index (Phi) is 3.17. The average molecular weight is 159 g/mol. The van der Waals surface area contributed by atoms with E-state index < -0.39 is 23.1 Å². The van der Waals surface area contributed by atoms with Crippen LogP contribution in [0.5, 0.6) is 0 Å². The summed E-state index contributed by atoms with van der Waals surface area (Å²) in [5.74, 6) is -3.50. The van der Waals surface area contributed by atoms with Crippen molar-refractivity contribution in [2.24, 2.45) is 5.73 Å². The van der Waals surface area contributed by atoms with Crippen LogP contribution in [0, 0.1) is 0 Å². The van der Waals surface area contributed by atoms with Crippen LogP contribution in [0.2, 0.25) is 0 Å². The Labute approximate surface area is 62.7 Å². The zero-order chi connectivity index (χ0) is 9.02. The van der Waals surface area contributed by atoms with Gasteiger partial charge in [0.15, 0.2) is 0 Å². The summed E-state index contributed by atoms with van der Waals surface area (Å²) in [6.07, 6.45) is 0.685. The fraction of sp³-hybridized carbons (Fsp3) is 0. The monoisotopic (exact) mass is 159 g/mol. The minimum Gasteiger partial charge on any atom is -0.365 e. The number of hydrogen-bond acceptors (Lipinski definition) is 1. The predicted molar refractivity (Wildman–Crippen MR) is 37.8 cm³/mol.